The molecule has 0 saturated carbocycles. The zero-order chi connectivity index (χ0) is 62.4. The van der Waals surface area contributed by atoms with Crippen LogP contribution in [0.25, 0.3) is 21.8 Å². The van der Waals surface area contributed by atoms with Crippen LogP contribution in [0.2, 0.25) is 0 Å². The molecule has 4 N–H and O–H groups in total. The lowest BCUT2D eigenvalue weighted by atomic mass is 10.0. The molecule has 0 aliphatic heterocycles. The van der Waals surface area contributed by atoms with Crippen molar-refractivity contribution < 1.29 is 50.2 Å². The highest BCUT2D eigenvalue weighted by molar-refractivity contribution is 5.98. The summed E-state index contributed by atoms with van der Waals surface area (Å²) in [5, 5.41) is 27.4. The lowest BCUT2D eigenvalue weighted by molar-refractivity contribution is -0.138. The van der Waals surface area contributed by atoms with Crippen LogP contribution in [0.1, 0.15) is 62.9 Å². The number of aromatic nitrogens is 2. The highest BCUT2D eigenvalue weighted by atomic mass is 19.4. The molecular weight excluding hydrogens is 1130 g/mol. The van der Waals surface area contributed by atoms with Gasteiger partial charge in [0.2, 0.25) is 0 Å². The number of carbonyl (C=O) groups excluding carboxylic acids is 3. The van der Waals surface area contributed by atoms with Gasteiger partial charge in [-0.1, -0.05) is 66.7 Å². The predicted octanol–water partition coefficient (Wildman–Crippen LogP) is 16.1. The fourth-order valence-corrected chi connectivity index (χ4v) is 9.49. The molecule has 2 heterocycles. The normalized spacial score (nSPS) is 11.1. The molecule has 0 amide bonds. The molecule has 10 aromatic rings. The van der Waals surface area contributed by atoms with Crippen LogP contribution in [-0.2, 0) is 58.8 Å². The van der Waals surface area contributed by atoms with Gasteiger partial charge in [-0.05, 0) is 143 Å². The number of ketones is 3. The standard InChI is InChI=1S/C38H28F3N3O3.C32H23F3N4O2/c1-2-3-9-31(45)18-27-11-16-36-35(22-27)37(28(23-42)24-43-36)44-30-12-14-33(15-13-30)47-34-10-5-7-26(21-34)20-32(46)19-25-6-4-8-29(17-25)38(39,40)41;33-32(34,35)23-5-1-3-20(13-23)14-26(40)15-21-4-2-6-28(16-21)41-27-10-8-25(9-11-27)39-31-22(18-36)19-38-30-12-7-24(37)17-29(30)31/h1,4-8,10-17,21-22,24H,3,9,18-20H2,(H,43,44);1-13,16-17,19H,14-15,37H2,(H,38,39). The SMILES string of the molecule is C#CCCC(=O)Cc1ccc2ncc(C#N)c(Nc3ccc(Oc4cccc(CC(=O)Cc5cccc(C(F)(F)F)c5)c4)cc3)c2c1.N#Cc1cnc2ccc(N)cc2c1Nc1ccc(Oc2cccc(CC(=O)Cc3cccc(C(F)(F)F)c3)c2)cc1. The summed E-state index contributed by atoms with van der Waals surface area (Å²) in [5.41, 5.74) is 12.4. The second-order valence-corrected chi connectivity index (χ2v) is 20.3. The van der Waals surface area contributed by atoms with E-state index in [2.05, 4.69) is 38.7 Å². The molecule has 0 atom stereocenters. The van der Waals surface area contributed by atoms with Gasteiger partial charge in [0.25, 0.3) is 0 Å². The Balaban J connectivity index is 0.000000211. The topological polar surface area (TPSA) is 193 Å². The number of pyridine rings is 2. The molecule has 0 fully saturated rings. The number of benzene rings is 8. The number of hydrogen-bond acceptors (Lipinski definition) is 12. The van der Waals surface area contributed by atoms with Crippen molar-refractivity contribution in [2.24, 2.45) is 0 Å². The van der Waals surface area contributed by atoms with Crippen molar-refractivity contribution >= 4 is 67.6 Å². The van der Waals surface area contributed by atoms with Crippen molar-refractivity contribution in [3.8, 4) is 47.5 Å². The van der Waals surface area contributed by atoms with E-state index in [0.29, 0.717) is 108 Å². The third kappa shape index (κ3) is 16.5. The first kappa shape index (κ1) is 61.3. The molecule has 438 valence electrons. The van der Waals surface area contributed by atoms with Gasteiger partial charge in [0.05, 0.1) is 44.7 Å². The molecule has 0 aliphatic rings. The number of carbonyl (C=O) groups is 3. The van der Waals surface area contributed by atoms with Gasteiger partial charge >= 0.3 is 12.4 Å². The number of alkyl halides is 6. The molecule has 0 radical (unpaired) electrons. The van der Waals surface area contributed by atoms with Gasteiger partial charge in [-0.3, -0.25) is 24.4 Å². The van der Waals surface area contributed by atoms with E-state index < -0.39 is 23.5 Å². The van der Waals surface area contributed by atoms with E-state index in [1.807, 2.05) is 18.2 Å². The van der Waals surface area contributed by atoms with Gasteiger partial charge < -0.3 is 25.8 Å². The second kappa shape index (κ2) is 27.6. The second-order valence-electron chi connectivity index (χ2n) is 20.3. The van der Waals surface area contributed by atoms with Gasteiger partial charge in [0.1, 0.15) is 52.5 Å². The lowest BCUT2D eigenvalue weighted by Gasteiger charge is -2.13. The maximum absolute atomic E-state index is 13.0. The minimum atomic E-state index is -4.47. The van der Waals surface area contributed by atoms with Crippen LogP contribution in [0.3, 0.4) is 0 Å². The molecule has 88 heavy (non-hydrogen) atoms. The van der Waals surface area contributed by atoms with Gasteiger partial charge in [0, 0.05) is 85.2 Å². The third-order valence-corrected chi connectivity index (χ3v) is 13.6. The lowest BCUT2D eigenvalue weighted by Crippen LogP contribution is -2.09. The number of ether oxygens (including phenoxy) is 2. The van der Waals surface area contributed by atoms with E-state index in [9.17, 15) is 51.2 Å². The number of terminal acetylenes is 1. The molecule has 8 aromatic carbocycles. The number of nitriles is 2. The number of halogens is 6. The molecule has 0 saturated heterocycles. The smallest absolute Gasteiger partial charge is 0.416 e. The summed E-state index contributed by atoms with van der Waals surface area (Å²) in [6.45, 7) is 0. The largest absolute Gasteiger partial charge is 0.457 e. The minimum absolute atomic E-state index is 0.0315. The molecule has 0 bridgehead atoms. The first-order valence-corrected chi connectivity index (χ1v) is 27.3. The number of Topliss-reactive ketones (excluding diaryl/α,β-unsaturated/α-hetero) is 3. The Morgan fingerprint density at radius 3 is 1.31 bits per heavy atom. The van der Waals surface area contributed by atoms with Crippen molar-refractivity contribution in [3.63, 3.8) is 0 Å². The molecule has 0 aliphatic carbocycles. The van der Waals surface area contributed by atoms with Crippen molar-refractivity contribution in [3.05, 3.63) is 244 Å². The summed E-state index contributed by atoms with van der Waals surface area (Å²) >= 11 is 0. The predicted molar refractivity (Wildman–Crippen MR) is 324 cm³/mol. The Bertz CT molecular complexity index is 4360. The van der Waals surface area contributed by atoms with Crippen LogP contribution in [0.4, 0.5) is 54.8 Å². The first-order valence-electron chi connectivity index (χ1n) is 27.3. The first-order chi connectivity index (χ1) is 42.3. The maximum atomic E-state index is 13.0. The number of nitrogens with two attached hydrogens (primary N) is 1. The van der Waals surface area contributed by atoms with E-state index in [-0.39, 0.29) is 49.5 Å². The molecule has 2 aromatic heterocycles. The van der Waals surface area contributed by atoms with Crippen LogP contribution in [0.15, 0.2) is 194 Å². The Morgan fingerprint density at radius 2 is 0.875 bits per heavy atom. The zero-order valence-corrected chi connectivity index (χ0v) is 46.7. The van der Waals surface area contributed by atoms with Crippen LogP contribution >= 0.6 is 0 Å². The summed E-state index contributed by atoms with van der Waals surface area (Å²) in [6, 6.07) is 52.9. The Hall–Kier alpha value is -11.3. The quantitative estimate of drug-likeness (QED) is 0.0372. The van der Waals surface area contributed by atoms with Gasteiger partial charge in [-0.2, -0.15) is 36.9 Å². The third-order valence-electron chi connectivity index (χ3n) is 13.6. The van der Waals surface area contributed by atoms with Crippen molar-refractivity contribution in [1.82, 2.24) is 9.97 Å². The van der Waals surface area contributed by atoms with Crippen molar-refractivity contribution in [2.75, 3.05) is 16.4 Å². The fourth-order valence-electron chi connectivity index (χ4n) is 9.49. The van der Waals surface area contributed by atoms with Crippen LogP contribution < -0.4 is 25.8 Å². The van der Waals surface area contributed by atoms with Gasteiger partial charge in [-0.25, -0.2) is 0 Å². The van der Waals surface area contributed by atoms with E-state index in [4.69, 9.17) is 21.6 Å². The Kier molecular flexibility index (Phi) is 19.2. The number of hydrogen-bond donors (Lipinski definition) is 3. The zero-order valence-electron chi connectivity index (χ0n) is 46.7. The number of nitrogen functional groups attached to an aromatic ring is 1. The van der Waals surface area contributed by atoms with E-state index in [1.54, 1.807) is 115 Å². The maximum Gasteiger partial charge on any atom is 0.416 e. The number of nitrogens with zero attached hydrogens (tertiary/aromatic N) is 4. The number of nitrogens with one attached hydrogen (secondary N) is 2. The van der Waals surface area contributed by atoms with Crippen LogP contribution in [-0.4, -0.2) is 27.3 Å². The molecule has 12 nitrogen and oxygen atoms in total. The molecule has 18 heteroatoms. The van der Waals surface area contributed by atoms with Gasteiger partial charge in [0.15, 0.2) is 0 Å². The average Bonchev–Trinajstić information content (AvgIpc) is 1.60. The monoisotopic (exact) mass is 1180 g/mol. The summed E-state index contributed by atoms with van der Waals surface area (Å²) in [6.07, 6.45) is 0.154. The minimum Gasteiger partial charge on any atom is -0.457 e. The van der Waals surface area contributed by atoms with Gasteiger partial charge in [-0.15, -0.1) is 12.3 Å². The number of anilines is 5. The number of fused-ring (bicyclic) bond motifs is 2. The highest BCUT2D eigenvalue weighted by Crippen LogP contribution is 2.35. The van der Waals surface area contributed by atoms with Crippen LogP contribution in [0.5, 0.6) is 23.0 Å². The number of rotatable bonds is 20. The molecule has 0 unspecified atom stereocenters. The van der Waals surface area contributed by atoms with E-state index in [0.717, 1.165) is 40.9 Å². The summed E-state index contributed by atoms with van der Waals surface area (Å²) in [4.78, 5) is 46.2. The van der Waals surface area contributed by atoms with E-state index in [1.165, 1.54) is 36.7 Å². The van der Waals surface area contributed by atoms with Crippen molar-refractivity contribution in [1.29, 1.82) is 10.5 Å². The summed E-state index contributed by atoms with van der Waals surface area (Å²) < 4.78 is 90.0. The molecule has 10 rings (SSSR count). The Labute approximate surface area is 501 Å². The summed E-state index contributed by atoms with van der Waals surface area (Å²) in [7, 11) is 0. The highest BCUT2D eigenvalue weighted by Gasteiger charge is 2.31. The van der Waals surface area contributed by atoms with E-state index >= 15 is 0 Å². The molecule has 0 spiro atoms. The Morgan fingerprint density at radius 1 is 0.477 bits per heavy atom. The van der Waals surface area contributed by atoms with Crippen LogP contribution in [0, 0.1) is 35.0 Å². The fraction of sp³-hybridized carbons (Fsp3) is 0.129. The molecular formula is C70H51F6N7O5. The summed E-state index contributed by atoms with van der Waals surface area (Å²) in [5.74, 6) is 4.16. The van der Waals surface area contributed by atoms with Crippen molar-refractivity contribution in [2.45, 2.75) is 57.3 Å². The average molecular weight is 1180 g/mol.